The van der Waals surface area contributed by atoms with Gasteiger partial charge in [-0.15, -0.1) is 0 Å². The van der Waals surface area contributed by atoms with Crippen LogP contribution in [0, 0.1) is 0 Å². The van der Waals surface area contributed by atoms with Gasteiger partial charge in [-0.05, 0) is 49.2 Å². The first-order valence-corrected chi connectivity index (χ1v) is 7.75. The Morgan fingerprint density at radius 3 is 2.62 bits per heavy atom. The van der Waals surface area contributed by atoms with E-state index < -0.39 is 0 Å². The molecule has 5 heteroatoms. The van der Waals surface area contributed by atoms with Crippen LogP contribution < -0.4 is 10.3 Å². The third kappa shape index (κ3) is 3.06. The molecule has 0 bridgehead atoms. The molecule has 0 aliphatic rings. The number of hydrogen-bond donors (Lipinski definition) is 0. The number of rotatable bonds is 4. The standard InChI is InChI=1S/C19H19N3O2/c1-4-13(2)16-9-10-17-19(21-16)22(18(23)11-20-17)12-14-5-7-15(24-3)8-6-14/h4-11H,12H2,1-3H3/b13-4+. The zero-order valence-electron chi connectivity index (χ0n) is 14.0. The van der Waals surface area contributed by atoms with Gasteiger partial charge in [0.25, 0.3) is 5.56 Å². The SMILES string of the molecule is C/C=C(\C)c1ccc2ncc(=O)n(Cc3ccc(OC)cc3)c2n1. The van der Waals surface area contributed by atoms with Gasteiger partial charge >= 0.3 is 0 Å². The van der Waals surface area contributed by atoms with Crippen molar-refractivity contribution >= 4 is 16.7 Å². The second-order valence-corrected chi connectivity index (χ2v) is 5.54. The Hall–Kier alpha value is -2.95. The summed E-state index contributed by atoms with van der Waals surface area (Å²) in [4.78, 5) is 21.2. The first-order valence-electron chi connectivity index (χ1n) is 7.75. The second-order valence-electron chi connectivity index (χ2n) is 5.54. The lowest BCUT2D eigenvalue weighted by molar-refractivity contribution is 0.414. The van der Waals surface area contributed by atoms with Gasteiger partial charge in [0.1, 0.15) is 11.3 Å². The van der Waals surface area contributed by atoms with Crippen molar-refractivity contribution in [2.24, 2.45) is 0 Å². The monoisotopic (exact) mass is 321 g/mol. The molecule has 122 valence electrons. The van der Waals surface area contributed by atoms with Gasteiger partial charge in [-0.1, -0.05) is 18.2 Å². The normalized spacial score (nSPS) is 11.7. The fourth-order valence-corrected chi connectivity index (χ4v) is 2.47. The van der Waals surface area contributed by atoms with Crippen molar-refractivity contribution in [2.75, 3.05) is 7.11 Å². The zero-order valence-corrected chi connectivity index (χ0v) is 14.0. The maximum Gasteiger partial charge on any atom is 0.270 e. The number of ether oxygens (including phenoxy) is 1. The molecule has 0 atom stereocenters. The van der Waals surface area contributed by atoms with Crippen LogP contribution in [-0.2, 0) is 6.54 Å². The zero-order chi connectivity index (χ0) is 17.1. The minimum absolute atomic E-state index is 0.166. The predicted octanol–water partition coefficient (Wildman–Crippen LogP) is 3.27. The highest BCUT2D eigenvalue weighted by molar-refractivity contribution is 5.74. The molecule has 3 rings (SSSR count). The predicted molar refractivity (Wildman–Crippen MR) is 95.2 cm³/mol. The number of methoxy groups -OCH3 is 1. The molecular formula is C19H19N3O2. The largest absolute Gasteiger partial charge is 0.497 e. The van der Waals surface area contributed by atoms with E-state index in [1.54, 1.807) is 11.7 Å². The molecule has 2 aromatic heterocycles. The number of aromatic nitrogens is 3. The average Bonchev–Trinajstić information content (AvgIpc) is 2.63. The lowest BCUT2D eigenvalue weighted by Gasteiger charge is -2.11. The molecule has 1 aromatic carbocycles. The van der Waals surface area contributed by atoms with E-state index in [4.69, 9.17) is 4.74 Å². The van der Waals surface area contributed by atoms with Gasteiger partial charge in [-0.3, -0.25) is 9.36 Å². The summed E-state index contributed by atoms with van der Waals surface area (Å²) in [5, 5.41) is 0. The van der Waals surface area contributed by atoms with Crippen LogP contribution in [0.3, 0.4) is 0 Å². The Morgan fingerprint density at radius 1 is 1.21 bits per heavy atom. The number of benzene rings is 1. The second kappa shape index (κ2) is 6.66. The van der Waals surface area contributed by atoms with Crippen LogP contribution in [0.15, 0.2) is 53.5 Å². The van der Waals surface area contributed by atoms with Crippen molar-refractivity contribution in [1.29, 1.82) is 0 Å². The number of allylic oxidation sites excluding steroid dienone is 2. The molecule has 24 heavy (non-hydrogen) atoms. The first kappa shape index (κ1) is 15.9. The van der Waals surface area contributed by atoms with Crippen LogP contribution in [0.2, 0.25) is 0 Å². The van der Waals surface area contributed by atoms with Gasteiger partial charge in [0.15, 0.2) is 5.65 Å². The van der Waals surface area contributed by atoms with Crippen molar-refractivity contribution in [2.45, 2.75) is 20.4 Å². The molecule has 0 saturated heterocycles. The van der Waals surface area contributed by atoms with E-state index in [0.29, 0.717) is 17.7 Å². The lowest BCUT2D eigenvalue weighted by atomic mass is 10.2. The van der Waals surface area contributed by atoms with Gasteiger partial charge in [0.2, 0.25) is 0 Å². The smallest absolute Gasteiger partial charge is 0.270 e. The first-order chi connectivity index (χ1) is 11.6. The maximum atomic E-state index is 12.3. The molecule has 0 saturated carbocycles. The van der Waals surface area contributed by atoms with Gasteiger partial charge in [-0.2, -0.15) is 0 Å². The maximum absolute atomic E-state index is 12.3. The number of nitrogens with zero attached hydrogens (tertiary/aromatic N) is 3. The van der Waals surface area contributed by atoms with Crippen molar-refractivity contribution < 1.29 is 4.74 Å². The summed E-state index contributed by atoms with van der Waals surface area (Å²) < 4.78 is 6.82. The molecule has 0 amide bonds. The van der Waals surface area contributed by atoms with Crippen LogP contribution >= 0.6 is 0 Å². The summed E-state index contributed by atoms with van der Waals surface area (Å²) in [7, 11) is 1.63. The van der Waals surface area contributed by atoms with Crippen molar-refractivity contribution in [1.82, 2.24) is 14.5 Å². The van der Waals surface area contributed by atoms with Crippen molar-refractivity contribution in [3.05, 3.63) is 70.3 Å². The van der Waals surface area contributed by atoms with E-state index >= 15 is 0 Å². The fraction of sp³-hybridized carbons (Fsp3) is 0.211. The summed E-state index contributed by atoms with van der Waals surface area (Å²) in [5.41, 5.74) is 4.04. The minimum Gasteiger partial charge on any atom is -0.497 e. The van der Waals surface area contributed by atoms with Crippen molar-refractivity contribution in [3.63, 3.8) is 0 Å². The molecule has 0 N–H and O–H groups in total. The lowest BCUT2D eigenvalue weighted by Crippen LogP contribution is -2.22. The summed E-state index contributed by atoms with van der Waals surface area (Å²) in [6.45, 7) is 4.40. The van der Waals surface area contributed by atoms with Crippen LogP contribution in [-0.4, -0.2) is 21.6 Å². The van der Waals surface area contributed by atoms with Crippen LogP contribution in [0.5, 0.6) is 5.75 Å². The third-order valence-corrected chi connectivity index (χ3v) is 4.03. The summed E-state index contributed by atoms with van der Waals surface area (Å²) in [5.74, 6) is 0.787. The van der Waals surface area contributed by atoms with Crippen LogP contribution in [0.25, 0.3) is 16.7 Å². The van der Waals surface area contributed by atoms with E-state index in [1.165, 1.54) is 6.20 Å². The van der Waals surface area contributed by atoms with E-state index in [1.807, 2.05) is 56.3 Å². The van der Waals surface area contributed by atoms with Crippen LogP contribution in [0.4, 0.5) is 0 Å². The molecular weight excluding hydrogens is 302 g/mol. The minimum atomic E-state index is -0.166. The molecule has 2 heterocycles. The van der Waals surface area contributed by atoms with E-state index in [-0.39, 0.29) is 5.56 Å². The highest BCUT2D eigenvalue weighted by Crippen LogP contribution is 2.17. The number of pyridine rings is 1. The third-order valence-electron chi connectivity index (χ3n) is 4.03. The van der Waals surface area contributed by atoms with Gasteiger partial charge < -0.3 is 4.74 Å². The van der Waals surface area contributed by atoms with Gasteiger partial charge in [0, 0.05) is 0 Å². The van der Waals surface area contributed by atoms with E-state index in [9.17, 15) is 4.79 Å². The Morgan fingerprint density at radius 2 is 1.96 bits per heavy atom. The molecule has 3 aromatic rings. The highest BCUT2D eigenvalue weighted by atomic mass is 16.5. The molecule has 0 spiro atoms. The summed E-state index contributed by atoms with van der Waals surface area (Å²) in [6, 6.07) is 11.5. The Bertz CT molecular complexity index is 957. The van der Waals surface area contributed by atoms with Crippen LogP contribution in [0.1, 0.15) is 25.1 Å². The Kier molecular flexibility index (Phi) is 4.42. The number of hydrogen-bond acceptors (Lipinski definition) is 4. The molecule has 0 aliphatic carbocycles. The summed E-state index contributed by atoms with van der Waals surface area (Å²) >= 11 is 0. The highest BCUT2D eigenvalue weighted by Gasteiger charge is 2.08. The molecule has 0 fully saturated rings. The molecule has 0 unspecified atom stereocenters. The molecule has 0 aliphatic heterocycles. The Balaban J connectivity index is 2.10. The summed E-state index contributed by atoms with van der Waals surface area (Å²) in [6.07, 6.45) is 3.34. The molecule has 5 nitrogen and oxygen atoms in total. The van der Waals surface area contributed by atoms with Gasteiger partial charge in [0.05, 0.1) is 25.5 Å². The quantitative estimate of drug-likeness (QED) is 0.740. The van der Waals surface area contributed by atoms with E-state index in [0.717, 1.165) is 22.6 Å². The fourth-order valence-electron chi connectivity index (χ4n) is 2.47. The average molecular weight is 321 g/mol. The number of fused-ring (bicyclic) bond motifs is 1. The van der Waals surface area contributed by atoms with E-state index in [2.05, 4.69) is 9.97 Å². The van der Waals surface area contributed by atoms with Gasteiger partial charge in [-0.25, -0.2) is 9.97 Å². The topological polar surface area (TPSA) is 57.0 Å². The Labute approximate surface area is 140 Å². The molecule has 0 radical (unpaired) electrons. The van der Waals surface area contributed by atoms with Crippen molar-refractivity contribution in [3.8, 4) is 5.75 Å².